The summed E-state index contributed by atoms with van der Waals surface area (Å²) in [5, 5.41) is 5.66. The Morgan fingerprint density at radius 1 is 1.83 bits per heavy atom. The van der Waals surface area contributed by atoms with Crippen molar-refractivity contribution < 1.29 is 14.3 Å². The molecule has 0 aromatic carbocycles. The van der Waals surface area contributed by atoms with Gasteiger partial charge in [0, 0.05) is 13.1 Å². The minimum absolute atomic E-state index is 0.252. The quantitative estimate of drug-likeness (QED) is 0.602. The van der Waals surface area contributed by atoms with Crippen LogP contribution in [0.5, 0.6) is 0 Å². The van der Waals surface area contributed by atoms with Gasteiger partial charge in [0.15, 0.2) is 0 Å². The van der Waals surface area contributed by atoms with Crippen molar-refractivity contribution in [3.63, 3.8) is 0 Å². The molecule has 70 valence electrons. The lowest BCUT2D eigenvalue weighted by Gasteiger charge is -2.23. The number of alkyl carbamates (subject to hydrolysis) is 1. The third-order valence-corrected chi connectivity index (χ3v) is 1.48. The fourth-order valence-electron chi connectivity index (χ4n) is 0.962. The summed E-state index contributed by atoms with van der Waals surface area (Å²) in [5.41, 5.74) is 0. The van der Waals surface area contributed by atoms with Gasteiger partial charge in [-0.25, -0.2) is 4.79 Å². The van der Waals surface area contributed by atoms with Gasteiger partial charge in [-0.1, -0.05) is 0 Å². The van der Waals surface area contributed by atoms with Gasteiger partial charge >= 0.3 is 6.09 Å². The SMILES string of the molecule is CCOC(=O)NC1CNCCO1. The van der Waals surface area contributed by atoms with Gasteiger partial charge in [0.05, 0.1) is 13.2 Å². The molecule has 0 aromatic heterocycles. The molecule has 2 N–H and O–H groups in total. The Bertz CT molecular complexity index is 146. The summed E-state index contributed by atoms with van der Waals surface area (Å²) in [6, 6.07) is 0. The second kappa shape index (κ2) is 4.95. The molecule has 0 bridgehead atoms. The number of hydrogen-bond acceptors (Lipinski definition) is 4. The fraction of sp³-hybridized carbons (Fsp3) is 0.857. The molecule has 0 aliphatic carbocycles. The average Bonchev–Trinajstić information content (AvgIpc) is 2.06. The zero-order chi connectivity index (χ0) is 8.81. The molecule has 1 aliphatic heterocycles. The van der Waals surface area contributed by atoms with E-state index >= 15 is 0 Å². The van der Waals surface area contributed by atoms with Crippen LogP contribution in [0, 0.1) is 0 Å². The summed E-state index contributed by atoms with van der Waals surface area (Å²) in [4.78, 5) is 10.9. The molecule has 1 atom stereocenters. The first-order valence-corrected chi connectivity index (χ1v) is 4.08. The van der Waals surface area contributed by atoms with Crippen molar-refractivity contribution in [2.45, 2.75) is 13.2 Å². The van der Waals surface area contributed by atoms with Crippen LogP contribution in [0.4, 0.5) is 4.79 Å². The van der Waals surface area contributed by atoms with Gasteiger partial charge in [-0.15, -0.1) is 0 Å². The summed E-state index contributed by atoms with van der Waals surface area (Å²) in [6.07, 6.45) is -0.677. The standard InChI is InChI=1S/C7H14N2O3/c1-2-11-7(10)9-6-5-8-3-4-12-6/h6,8H,2-5H2,1H3,(H,9,10). The highest BCUT2D eigenvalue weighted by Crippen LogP contribution is 1.92. The summed E-state index contributed by atoms with van der Waals surface area (Å²) >= 11 is 0. The largest absolute Gasteiger partial charge is 0.450 e. The van der Waals surface area contributed by atoms with Crippen LogP contribution < -0.4 is 10.6 Å². The maximum absolute atomic E-state index is 10.9. The van der Waals surface area contributed by atoms with Gasteiger partial charge in [0.2, 0.25) is 0 Å². The number of rotatable bonds is 2. The molecule has 5 nitrogen and oxygen atoms in total. The third-order valence-electron chi connectivity index (χ3n) is 1.48. The number of morpholine rings is 1. The molecule has 1 saturated heterocycles. The van der Waals surface area contributed by atoms with Crippen LogP contribution in [0.15, 0.2) is 0 Å². The molecule has 12 heavy (non-hydrogen) atoms. The molecule has 1 aliphatic rings. The van der Waals surface area contributed by atoms with Crippen LogP contribution in [-0.4, -0.2) is 38.6 Å². The molecular weight excluding hydrogens is 160 g/mol. The van der Waals surface area contributed by atoms with Crippen molar-refractivity contribution in [1.82, 2.24) is 10.6 Å². The first-order chi connectivity index (χ1) is 5.83. The van der Waals surface area contributed by atoms with Crippen molar-refractivity contribution in [2.24, 2.45) is 0 Å². The van der Waals surface area contributed by atoms with E-state index in [1.165, 1.54) is 0 Å². The van der Waals surface area contributed by atoms with Crippen LogP contribution in [0.2, 0.25) is 0 Å². The fourth-order valence-corrected chi connectivity index (χ4v) is 0.962. The monoisotopic (exact) mass is 174 g/mol. The molecule has 1 heterocycles. The van der Waals surface area contributed by atoms with E-state index in [0.29, 0.717) is 19.8 Å². The van der Waals surface area contributed by atoms with E-state index < -0.39 is 6.09 Å². The van der Waals surface area contributed by atoms with Gasteiger partial charge in [-0.2, -0.15) is 0 Å². The van der Waals surface area contributed by atoms with Crippen molar-refractivity contribution >= 4 is 6.09 Å². The minimum atomic E-state index is -0.425. The predicted octanol–water partition coefficient (Wildman–Crippen LogP) is -0.322. The number of hydrogen-bond donors (Lipinski definition) is 2. The van der Waals surface area contributed by atoms with E-state index in [-0.39, 0.29) is 6.23 Å². The summed E-state index contributed by atoms with van der Waals surface area (Å²) in [7, 11) is 0. The molecule has 0 saturated carbocycles. The van der Waals surface area contributed by atoms with E-state index in [4.69, 9.17) is 4.74 Å². The van der Waals surface area contributed by atoms with E-state index in [9.17, 15) is 4.79 Å². The van der Waals surface area contributed by atoms with Gasteiger partial charge in [0.1, 0.15) is 6.23 Å². The maximum atomic E-state index is 10.9. The molecular formula is C7H14N2O3. The third kappa shape index (κ3) is 3.06. The van der Waals surface area contributed by atoms with Gasteiger partial charge in [-0.3, -0.25) is 5.32 Å². The zero-order valence-corrected chi connectivity index (χ0v) is 7.13. The van der Waals surface area contributed by atoms with Crippen molar-refractivity contribution in [3.8, 4) is 0 Å². The number of amides is 1. The Balaban J connectivity index is 2.15. The smallest absolute Gasteiger partial charge is 0.409 e. The van der Waals surface area contributed by atoms with Crippen LogP contribution in [0.25, 0.3) is 0 Å². The summed E-state index contributed by atoms with van der Waals surface area (Å²) in [5.74, 6) is 0. The molecule has 1 unspecified atom stereocenters. The van der Waals surface area contributed by atoms with E-state index in [2.05, 4.69) is 15.4 Å². The normalized spacial score (nSPS) is 23.2. The average molecular weight is 174 g/mol. The topological polar surface area (TPSA) is 59.6 Å². The molecule has 0 spiro atoms. The van der Waals surface area contributed by atoms with Crippen LogP contribution in [-0.2, 0) is 9.47 Å². The number of ether oxygens (including phenoxy) is 2. The van der Waals surface area contributed by atoms with Crippen LogP contribution in [0.1, 0.15) is 6.92 Å². The molecule has 1 rings (SSSR count). The molecule has 5 heteroatoms. The lowest BCUT2D eigenvalue weighted by molar-refractivity contribution is 0.00624. The highest BCUT2D eigenvalue weighted by molar-refractivity contribution is 5.67. The molecule has 1 fully saturated rings. The molecule has 0 radical (unpaired) electrons. The Morgan fingerprint density at radius 2 is 2.67 bits per heavy atom. The first kappa shape index (κ1) is 9.28. The van der Waals surface area contributed by atoms with E-state index in [1.807, 2.05) is 0 Å². The minimum Gasteiger partial charge on any atom is -0.450 e. The Morgan fingerprint density at radius 3 is 3.25 bits per heavy atom. The number of nitrogens with one attached hydrogen (secondary N) is 2. The van der Waals surface area contributed by atoms with Crippen molar-refractivity contribution in [3.05, 3.63) is 0 Å². The predicted molar refractivity (Wildman–Crippen MR) is 42.8 cm³/mol. The van der Waals surface area contributed by atoms with Crippen molar-refractivity contribution in [2.75, 3.05) is 26.3 Å². The maximum Gasteiger partial charge on any atom is 0.409 e. The Hall–Kier alpha value is -0.810. The van der Waals surface area contributed by atoms with Crippen LogP contribution in [0.3, 0.4) is 0 Å². The van der Waals surface area contributed by atoms with Crippen molar-refractivity contribution in [1.29, 1.82) is 0 Å². The second-order valence-corrected chi connectivity index (χ2v) is 2.43. The lowest BCUT2D eigenvalue weighted by Crippen LogP contribution is -2.49. The first-order valence-electron chi connectivity index (χ1n) is 4.08. The molecule has 0 aromatic rings. The van der Waals surface area contributed by atoms with Gasteiger partial charge in [0.25, 0.3) is 0 Å². The molecule has 1 amide bonds. The van der Waals surface area contributed by atoms with Gasteiger partial charge < -0.3 is 14.8 Å². The Kier molecular flexibility index (Phi) is 3.83. The van der Waals surface area contributed by atoms with Gasteiger partial charge in [-0.05, 0) is 6.92 Å². The zero-order valence-electron chi connectivity index (χ0n) is 7.13. The summed E-state index contributed by atoms with van der Waals surface area (Å²) in [6.45, 7) is 4.24. The second-order valence-electron chi connectivity index (χ2n) is 2.43. The lowest BCUT2D eigenvalue weighted by atomic mass is 10.4. The summed E-state index contributed by atoms with van der Waals surface area (Å²) < 4.78 is 9.91. The highest BCUT2D eigenvalue weighted by atomic mass is 16.6. The Labute approximate surface area is 71.4 Å². The number of carbonyl (C=O) groups excluding carboxylic acids is 1. The van der Waals surface area contributed by atoms with Crippen LogP contribution >= 0.6 is 0 Å². The highest BCUT2D eigenvalue weighted by Gasteiger charge is 2.15. The van der Waals surface area contributed by atoms with E-state index in [0.717, 1.165) is 6.54 Å². The van der Waals surface area contributed by atoms with E-state index in [1.54, 1.807) is 6.92 Å². The number of carbonyl (C=O) groups is 1.